The number of halogens is 1. The molecule has 0 unspecified atom stereocenters. The maximum atomic E-state index is 5.64. The molecule has 1 rings (SSSR count). The number of hydrogen-bond acceptors (Lipinski definition) is 8. The van der Waals surface area contributed by atoms with Crippen molar-refractivity contribution in [1.82, 2.24) is 0 Å². The van der Waals surface area contributed by atoms with Gasteiger partial charge in [0.05, 0.1) is 63.6 Å². The van der Waals surface area contributed by atoms with E-state index in [-0.39, 0.29) is 53.6 Å². The van der Waals surface area contributed by atoms with Crippen LogP contribution in [0.3, 0.4) is 0 Å². The first kappa shape index (κ1) is 28.7. The second-order valence-electron chi connectivity index (χ2n) is 4.80. The maximum absolute atomic E-state index is 5.64. The molecule has 10 heteroatoms. The van der Waals surface area contributed by atoms with Gasteiger partial charge in [-0.05, 0) is 0 Å². The molecule has 0 aromatic heterocycles. The van der Waals surface area contributed by atoms with Gasteiger partial charge < -0.3 is 54.9 Å². The number of hydrogen-bond donors (Lipinski definition) is 0. The minimum atomic E-state index is 0. The molecular formula is C17H27BrMgO8. The van der Waals surface area contributed by atoms with Crippen LogP contribution in [0.4, 0.5) is 0 Å². The summed E-state index contributed by atoms with van der Waals surface area (Å²) >= 11 is 0. The predicted octanol–water partition coefficient (Wildman–Crippen LogP) is -1.57. The number of rotatable bonds is 14. The third kappa shape index (κ3) is 10.0. The fourth-order valence-corrected chi connectivity index (χ4v) is 1.91. The largest absolute Gasteiger partial charge is 2.00 e. The molecule has 27 heavy (non-hydrogen) atoms. The van der Waals surface area contributed by atoms with Gasteiger partial charge in [0.2, 0.25) is 0 Å². The summed E-state index contributed by atoms with van der Waals surface area (Å²) in [5.41, 5.74) is 0.694. The van der Waals surface area contributed by atoms with Crippen molar-refractivity contribution >= 4 is 23.1 Å². The van der Waals surface area contributed by atoms with E-state index in [9.17, 15) is 0 Å². The molecule has 1 aromatic carbocycles. The minimum absolute atomic E-state index is 0. The zero-order chi connectivity index (χ0) is 18.5. The van der Waals surface area contributed by atoms with E-state index < -0.39 is 0 Å². The summed E-state index contributed by atoms with van der Waals surface area (Å²) in [6.45, 7) is 3.75. The predicted molar refractivity (Wildman–Crippen MR) is 95.5 cm³/mol. The first-order valence-electron chi connectivity index (χ1n) is 7.76. The van der Waals surface area contributed by atoms with Gasteiger partial charge in [-0.3, -0.25) is 0 Å². The third-order valence-electron chi connectivity index (χ3n) is 3.11. The molecule has 0 radical (unpaired) electrons. The van der Waals surface area contributed by atoms with Gasteiger partial charge in [0, 0.05) is 14.2 Å². The molecule has 0 amide bonds. The first-order valence-corrected chi connectivity index (χ1v) is 7.76. The van der Waals surface area contributed by atoms with E-state index in [2.05, 4.69) is 6.07 Å². The molecule has 0 N–H and O–H groups in total. The average molecular weight is 464 g/mol. The fourth-order valence-electron chi connectivity index (χ4n) is 1.91. The first-order chi connectivity index (χ1) is 12.2. The van der Waals surface area contributed by atoms with Crippen LogP contribution in [0.1, 0.15) is 5.56 Å². The third-order valence-corrected chi connectivity index (χ3v) is 3.11. The van der Waals surface area contributed by atoms with Gasteiger partial charge in [-0.15, -0.1) is 11.6 Å². The van der Waals surface area contributed by atoms with Crippen LogP contribution in [0, 0.1) is 13.0 Å². The van der Waals surface area contributed by atoms with Crippen molar-refractivity contribution < 1.29 is 54.9 Å². The van der Waals surface area contributed by atoms with Crippen LogP contribution in [0.2, 0.25) is 0 Å². The zero-order valence-corrected chi connectivity index (χ0v) is 19.6. The molecule has 152 valence electrons. The zero-order valence-electron chi connectivity index (χ0n) is 16.6. The van der Waals surface area contributed by atoms with Gasteiger partial charge in [-0.1, -0.05) is 6.92 Å². The summed E-state index contributed by atoms with van der Waals surface area (Å²) in [5.74, 6) is 1.63. The monoisotopic (exact) mass is 462 g/mol. The van der Waals surface area contributed by atoms with Crippen LogP contribution in [0.5, 0.6) is 23.0 Å². The summed E-state index contributed by atoms with van der Waals surface area (Å²) in [7, 11) is 6.25. The Morgan fingerprint density at radius 3 is 1.70 bits per heavy atom. The van der Waals surface area contributed by atoms with Crippen molar-refractivity contribution in [2.75, 3.05) is 68.5 Å². The van der Waals surface area contributed by atoms with Gasteiger partial charge in [0.25, 0.3) is 0 Å². The Morgan fingerprint density at radius 2 is 1.22 bits per heavy atom. The quantitative estimate of drug-likeness (QED) is 0.142. The van der Waals surface area contributed by atoms with Gasteiger partial charge >= 0.3 is 23.1 Å². The SMILES string of the molecule is COCCOCOc1[c-]c(C)c(OCOCCOC)c(OC)c1OC.[Br-].[Mg+2]. The molecule has 0 spiro atoms. The summed E-state index contributed by atoms with van der Waals surface area (Å²) in [6.07, 6.45) is 0. The second kappa shape index (κ2) is 17.6. The van der Waals surface area contributed by atoms with Crippen LogP contribution in [0.25, 0.3) is 0 Å². The van der Waals surface area contributed by atoms with Crippen molar-refractivity contribution in [1.29, 1.82) is 0 Å². The van der Waals surface area contributed by atoms with E-state index >= 15 is 0 Å². The Morgan fingerprint density at radius 1 is 0.704 bits per heavy atom. The van der Waals surface area contributed by atoms with Gasteiger partial charge in [0.1, 0.15) is 0 Å². The van der Waals surface area contributed by atoms with Crippen LogP contribution in [-0.4, -0.2) is 91.5 Å². The van der Waals surface area contributed by atoms with Crippen LogP contribution in [0.15, 0.2) is 0 Å². The van der Waals surface area contributed by atoms with Crippen molar-refractivity contribution in [3.8, 4) is 23.0 Å². The molecule has 0 saturated carbocycles. The van der Waals surface area contributed by atoms with Crippen LogP contribution < -0.4 is 35.9 Å². The Bertz CT molecular complexity index is 504. The Hall–Kier alpha value is -0.494. The Labute approximate surface area is 187 Å². The van der Waals surface area contributed by atoms with Crippen molar-refractivity contribution in [3.63, 3.8) is 0 Å². The van der Waals surface area contributed by atoms with Crippen molar-refractivity contribution in [3.05, 3.63) is 11.6 Å². The standard InChI is InChI=1S/C17H27O8.BrH.Mg/c1-13-10-14(24-11-22-8-6-18-2)16(20-4)17(21-5)15(13)25-12-23-9-7-19-3;;/h6-9,11-12H2,1-5H3;1H;/q-1;;+2/p-1. The Balaban J connectivity index is 0. The summed E-state index contributed by atoms with van der Waals surface area (Å²) in [4.78, 5) is 0. The van der Waals surface area contributed by atoms with Crippen LogP contribution in [-0.2, 0) is 18.9 Å². The van der Waals surface area contributed by atoms with E-state index in [1.807, 2.05) is 6.92 Å². The number of benzene rings is 1. The normalized spacial score (nSPS) is 9.81. The molecule has 8 nitrogen and oxygen atoms in total. The van der Waals surface area contributed by atoms with E-state index in [0.29, 0.717) is 55.0 Å². The molecule has 1 aromatic rings. The molecule has 0 bridgehead atoms. The van der Waals surface area contributed by atoms with Crippen molar-refractivity contribution in [2.24, 2.45) is 0 Å². The molecule has 0 aliphatic rings. The molecule has 0 aliphatic heterocycles. The molecule has 0 atom stereocenters. The van der Waals surface area contributed by atoms with E-state index in [1.165, 1.54) is 14.2 Å². The maximum Gasteiger partial charge on any atom is 2.00 e. The molecular weight excluding hydrogens is 436 g/mol. The molecule has 0 aliphatic carbocycles. The van der Waals surface area contributed by atoms with Crippen LogP contribution >= 0.6 is 0 Å². The summed E-state index contributed by atoms with van der Waals surface area (Å²) < 4.78 is 42.4. The number of ether oxygens (including phenoxy) is 8. The average Bonchev–Trinajstić information content (AvgIpc) is 2.62. The van der Waals surface area contributed by atoms with Gasteiger partial charge in [-0.2, -0.15) is 0 Å². The van der Waals surface area contributed by atoms with E-state index in [4.69, 9.17) is 37.9 Å². The molecule has 0 heterocycles. The van der Waals surface area contributed by atoms with Gasteiger partial charge in [0.15, 0.2) is 13.6 Å². The minimum Gasteiger partial charge on any atom is -1.00 e. The van der Waals surface area contributed by atoms with E-state index in [0.717, 1.165) is 0 Å². The molecule has 0 saturated heterocycles. The van der Waals surface area contributed by atoms with Gasteiger partial charge in [-0.25, -0.2) is 0 Å². The summed E-state index contributed by atoms with van der Waals surface area (Å²) in [6, 6.07) is 3.07. The smallest absolute Gasteiger partial charge is 1.00 e. The molecule has 0 fully saturated rings. The number of methoxy groups -OCH3 is 4. The van der Waals surface area contributed by atoms with Crippen molar-refractivity contribution in [2.45, 2.75) is 6.92 Å². The number of aryl methyl sites for hydroxylation is 1. The summed E-state index contributed by atoms with van der Waals surface area (Å²) in [5, 5.41) is 0. The second-order valence-corrected chi connectivity index (χ2v) is 4.80. The topological polar surface area (TPSA) is 73.8 Å². The Kier molecular flexibility index (Phi) is 18.7. The fraction of sp³-hybridized carbons (Fsp3) is 0.647. The van der Waals surface area contributed by atoms with E-state index in [1.54, 1.807) is 14.2 Å².